The number of nitrogens with one attached hydrogen (secondary N) is 1. The summed E-state index contributed by atoms with van der Waals surface area (Å²) in [4.78, 5) is 22.4. The molecule has 1 N–H and O–H groups in total. The first-order valence-corrected chi connectivity index (χ1v) is 9.24. The second-order valence-electron chi connectivity index (χ2n) is 5.60. The fraction of sp³-hybridized carbons (Fsp3) is 0.118. The lowest BCUT2D eigenvalue weighted by molar-refractivity contribution is -0.384. The SMILES string of the molecule is Cn1c(SCC(=O)Nc2cc([N+](=O)[O-])ccc2Cl)nnc1-c1ccccc1F. The standard InChI is InChI=1S/C17H13ClFN5O3S/c1-23-16(11-4-2-3-5-13(11)19)21-22-17(23)28-9-15(25)20-14-8-10(24(26)27)6-7-12(14)18/h2-8H,9H2,1H3,(H,20,25). The first kappa shape index (κ1) is 19.8. The average molecular weight is 422 g/mol. The van der Waals surface area contributed by atoms with E-state index in [1.54, 1.807) is 29.8 Å². The van der Waals surface area contributed by atoms with Crippen LogP contribution < -0.4 is 5.32 Å². The lowest BCUT2D eigenvalue weighted by Crippen LogP contribution is -2.15. The Bertz CT molecular complexity index is 1060. The number of anilines is 1. The summed E-state index contributed by atoms with van der Waals surface area (Å²) in [6.45, 7) is 0. The van der Waals surface area contributed by atoms with Gasteiger partial charge in [0.05, 0.1) is 26.9 Å². The molecule has 28 heavy (non-hydrogen) atoms. The number of benzene rings is 2. The van der Waals surface area contributed by atoms with E-state index in [-0.39, 0.29) is 22.2 Å². The maximum Gasteiger partial charge on any atom is 0.271 e. The Hall–Kier alpha value is -2.98. The molecule has 3 rings (SSSR count). The molecule has 1 aromatic heterocycles. The van der Waals surface area contributed by atoms with Gasteiger partial charge in [-0.15, -0.1) is 10.2 Å². The second kappa shape index (κ2) is 8.36. The number of hydrogen-bond acceptors (Lipinski definition) is 6. The summed E-state index contributed by atoms with van der Waals surface area (Å²) in [6, 6.07) is 9.95. The van der Waals surface area contributed by atoms with E-state index in [9.17, 15) is 19.3 Å². The number of halogens is 2. The van der Waals surface area contributed by atoms with Crippen molar-refractivity contribution < 1.29 is 14.1 Å². The van der Waals surface area contributed by atoms with Crippen LogP contribution in [-0.2, 0) is 11.8 Å². The maximum atomic E-state index is 13.9. The number of non-ortho nitro benzene ring substituents is 1. The molecule has 0 saturated heterocycles. The molecule has 3 aromatic rings. The molecule has 144 valence electrons. The quantitative estimate of drug-likeness (QED) is 0.367. The second-order valence-corrected chi connectivity index (χ2v) is 6.95. The van der Waals surface area contributed by atoms with Gasteiger partial charge in [0.15, 0.2) is 11.0 Å². The molecule has 0 spiro atoms. The highest BCUT2D eigenvalue weighted by molar-refractivity contribution is 7.99. The minimum Gasteiger partial charge on any atom is -0.324 e. The molecule has 0 fully saturated rings. The van der Waals surface area contributed by atoms with Crippen LogP contribution in [0.5, 0.6) is 0 Å². The molecule has 0 radical (unpaired) electrons. The molecule has 0 atom stereocenters. The van der Waals surface area contributed by atoms with Crippen LogP contribution in [0.1, 0.15) is 0 Å². The fourth-order valence-corrected chi connectivity index (χ4v) is 3.23. The van der Waals surface area contributed by atoms with Gasteiger partial charge >= 0.3 is 0 Å². The van der Waals surface area contributed by atoms with E-state index in [0.29, 0.717) is 16.5 Å². The summed E-state index contributed by atoms with van der Waals surface area (Å²) >= 11 is 7.06. The number of aromatic nitrogens is 3. The lowest BCUT2D eigenvalue weighted by atomic mass is 10.2. The van der Waals surface area contributed by atoms with E-state index in [1.165, 1.54) is 24.3 Å². The van der Waals surface area contributed by atoms with Gasteiger partial charge < -0.3 is 9.88 Å². The summed E-state index contributed by atoms with van der Waals surface area (Å²) in [5, 5.41) is 21.9. The number of nitro groups is 1. The van der Waals surface area contributed by atoms with Crippen molar-refractivity contribution in [3.63, 3.8) is 0 Å². The minimum absolute atomic E-state index is 0.0394. The highest BCUT2D eigenvalue weighted by atomic mass is 35.5. The van der Waals surface area contributed by atoms with Crippen LogP contribution in [0.15, 0.2) is 47.6 Å². The van der Waals surface area contributed by atoms with Gasteiger partial charge in [0.25, 0.3) is 5.69 Å². The van der Waals surface area contributed by atoms with Crippen molar-refractivity contribution in [3.8, 4) is 11.4 Å². The van der Waals surface area contributed by atoms with Crippen molar-refractivity contribution in [2.45, 2.75) is 5.16 Å². The Morgan fingerprint density at radius 1 is 1.32 bits per heavy atom. The van der Waals surface area contributed by atoms with Crippen LogP contribution in [0, 0.1) is 15.9 Å². The topological polar surface area (TPSA) is 103 Å². The average Bonchev–Trinajstić information content (AvgIpc) is 3.02. The molecule has 0 aliphatic heterocycles. The molecule has 11 heteroatoms. The number of hydrogen-bond donors (Lipinski definition) is 1. The molecule has 1 amide bonds. The zero-order valence-corrected chi connectivity index (χ0v) is 16.0. The molecular formula is C17H13ClFN5O3S. The Labute approximate surface area is 167 Å². The summed E-state index contributed by atoms with van der Waals surface area (Å²) in [5.41, 5.74) is 0.263. The van der Waals surface area contributed by atoms with Crippen molar-refractivity contribution in [1.29, 1.82) is 0 Å². The van der Waals surface area contributed by atoms with Crippen LogP contribution in [0.2, 0.25) is 5.02 Å². The number of rotatable bonds is 6. The van der Waals surface area contributed by atoms with Crippen molar-refractivity contribution in [1.82, 2.24) is 14.8 Å². The van der Waals surface area contributed by atoms with Gasteiger partial charge in [0, 0.05) is 19.2 Å². The normalized spacial score (nSPS) is 10.7. The molecule has 0 saturated carbocycles. The Kier molecular flexibility index (Phi) is 5.90. The van der Waals surface area contributed by atoms with E-state index >= 15 is 0 Å². The lowest BCUT2D eigenvalue weighted by Gasteiger charge is -2.07. The molecule has 0 bridgehead atoms. The van der Waals surface area contributed by atoms with E-state index < -0.39 is 16.6 Å². The van der Waals surface area contributed by atoms with E-state index in [4.69, 9.17) is 11.6 Å². The van der Waals surface area contributed by atoms with Gasteiger partial charge in [0.2, 0.25) is 5.91 Å². The van der Waals surface area contributed by atoms with Crippen LogP contribution >= 0.6 is 23.4 Å². The van der Waals surface area contributed by atoms with Gasteiger partial charge in [-0.25, -0.2) is 4.39 Å². The summed E-state index contributed by atoms with van der Waals surface area (Å²) < 4.78 is 15.5. The predicted molar refractivity (Wildman–Crippen MR) is 104 cm³/mol. The van der Waals surface area contributed by atoms with E-state index in [1.807, 2.05) is 0 Å². The molecule has 2 aromatic carbocycles. The summed E-state index contributed by atoms with van der Waals surface area (Å²) in [6.07, 6.45) is 0. The third-order valence-corrected chi connectivity index (χ3v) is 5.07. The number of carbonyl (C=O) groups is 1. The number of amides is 1. The third-order valence-electron chi connectivity index (χ3n) is 3.72. The van der Waals surface area contributed by atoms with Gasteiger partial charge in [-0.1, -0.05) is 35.5 Å². The van der Waals surface area contributed by atoms with E-state index in [2.05, 4.69) is 15.5 Å². The number of carbonyl (C=O) groups excluding carboxylic acids is 1. The van der Waals surface area contributed by atoms with Crippen molar-refractivity contribution >= 4 is 40.6 Å². The molecule has 1 heterocycles. The highest BCUT2D eigenvalue weighted by Gasteiger charge is 2.16. The highest BCUT2D eigenvalue weighted by Crippen LogP contribution is 2.28. The van der Waals surface area contributed by atoms with Gasteiger partial charge in [0.1, 0.15) is 5.82 Å². The third kappa shape index (κ3) is 4.29. The van der Waals surface area contributed by atoms with Crippen molar-refractivity contribution in [2.24, 2.45) is 7.05 Å². The predicted octanol–water partition coefficient (Wildman–Crippen LogP) is 3.91. The number of nitrogens with zero attached hydrogens (tertiary/aromatic N) is 4. The largest absolute Gasteiger partial charge is 0.324 e. The smallest absolute Gasteiger partial charge is 0.271 e. The molecule has 8 nitrogen and oxygen atoms in total. The van der Waals surface area contributed by atoms with Crippen molar-refractivity contribution in [2.75, 3.05) is 11.1 Å². The van der Waals surface area contributed by atoms with Gasteiger partial charge in [-0.3, -0.25) is 14.9 Å². The Morgan fingerprint density at radius 3 is 2.79 bits per heavy atom. The minimum atomic E-state index is -0.579. The van der Waals surface area contributed by atoms with Crippen LogP contribution in [0.25, 0.3) is 11.4 Å². The van der Waals surface area contributed by atoms with Crippen LogP contribution in [0.4, 0.5) is 15.8 Å². The Balaban J connectivity index is 1.68. The molecular weight excluding hydrogens is 409 g/mol. The fourth-order valence-electron chi connectivity index (χ4n) is 2.36. The first-order valence-electron chi connectivity index (χ1n) is 7.87. The van der Waals surface area contributed by atoms with Crippen LogP contribution in [0.3, 0.4) is 0 Å². The summed E-state index contributed by atoms with van der Waals surface area (Å²) in [5.74, 6) is -0.555. The molecule has 0 aliphatic carbocycles. The zero-order chi connectivity index (χ0) is 20.3. The number of nitro benzene ring substituents is 1. The number of thioether (sulfide) groups is 1. The molecule has 0 aliphatic rings. The van der Waals surface area contributed by atoms with Gasteiger partial charge in [-0.05, 0) is 18.2 Å². The monoisotopic (exact) mass is 421 g/mol. The Morgan fingerprint density at radius 2 is 2.07 bits per heavy atom. The van der Waals surface area contributed by atoms with Crippen LogP contribution in [-0.4, -0.2) is 31.3 Å². The molecule has 0 unspecified atom stereocenters. The van der Waals surface area contributed by atoms with Gasteiger partial charge in [-0.2, -0.15) is 0 Å². The first-order chi connectivity index (χ1) is 13.4. The summed E-state index contributed by atoms with van der Waals surface area (Å²) in [7, 11) is 1.67. The van der Waals surface area contributed by atoms with E-state index in [0.717, 1.165) is 11.8 Å². The maximum absolute atomic E-state index is 13.9. The van der Waals surface area contributed by atoms with Crippen molar-refractivity contribution in [3.05, 3.63) is 63.4 Å². The zero-order valence-electron chi connectivity index (χ0n) is 14.4.